The second-order valence-electron chi connectivity index (χ2n) is 28.3. The van der Waals surface area contributed by atoms with Gasteiger partial charge in [0.1, 0.15) is 72.5 Å². The van der Waals surface area contributed by atoms with Gasteiger partial charge in [0.25, 0.3) is 5.91 Å². The third-order valence-corrected chi connectivity index (χ3v) is 26.9. The molecule has 33 heteroatoms. The van der Waals surface area contributed by atoms with Crippen molar-refractivity contribution >= 4 is 154 Å². The molecule has 25 nitrogen and oxygen atoms in total. The summed E-state index contributed by atoms with van der Waals surface area (Å²) >= 11 is 18.6. The van der Waals surface area contributed by atoms with E-state index in [1.165, 1.54) is 35.9 Å². The van der Waals surface area contributed by atoms with E-state index in [1.807, 2.05) is 107 Å². The molecule has 12 atom stereocenters. The van der Waals surface area contributed by atoms with Crippen molar-refractivity contribution in [2.24, 2.45) is 0 Å². The molecule has 7 saturated heterocycles. The molecular formula is C69H94BrCl2MgN10O15PS2Si. The number of rotatable bonds is 13. The van der Waals surface area contributed by atoms with Crippen molar-refractivity contribution in [3.63, 3.8) is 0 Å². The van der Waals surface area contributed by atoms with Crippen molar-refractivity contribution in [1.82, 2.24) is 48.5 Å². The monoisotopic (exact) mass is 1600 g/mol. The minimum absolute atomic E-state index is 0. The summed E-state index contributed by atoms with van der Waals surface area (Å²) in [4.78, 5) is 66.5. The normalized spacial score (nSPS) is 26.9. The fourth-order valence-corrected chi connectivity index (χ4v) is 17.7. The summed E-state index contributed by atoms with van der Waals surface area (Å²) in [6.45, 7) is 33.1. The predicted molar refractivity (Wildman–Crippen MR) is 402 cm³/mol. The number of amides is 1. The first-order valence-electron chi connectivity index (χ1n) is 34.5. The van der Waals surface area contributed by atoms with Gasteiger partial charge in [-0.15, -0.1) is 22.7 Å². The molecule has 102 heavy (non-hydrogen) atoms. The van der Waals surface area contributed by atoms with Crippen molar-refractivity contribution in [2.75, 3.05) is 32.9 Å². The molecule has 7 fully saturated rings. The third-order valence-electron chi connectivity index (χ3n) is 19.0. The Kier molecular flexibility index (Phi) is 24.6. The Morgan fingerprint density at radius 2 is 1.06 bits per heavy atom. The van der Waals surface area contributed by atoms with Crippen LogP contribution in [0.2, 0.25) is 26.8 Å². The first-order chi connectivity index (χ1) is 48.5. The number of carboxylic acid groups (broad SMARTS) is 1. The largest absolute Gasteiger partial charge is 2.00 e. The van der Waals surface area contributed by atoms with Crippen molar-refractivity contribution in [2.45, 2.75) is 226 Å². The maximum Gasteiger partial charge on any atom is 2.00 e. The summed E-state index contributed by atoms with van der Waals surface area (Å²) in [5.74, 6) is -3.70. The Hall–Kier alpha value is -4.10. The number of halogens is 3. The van der Waals surface area contributed by atoms with Gasteiger partial charge in [-0.1, -0.05) is 64.7 Å². The Balaban J connectivity index is 0.000000197. The van der Waals surface area contributed by atoms with Crippen molar-refractivity contribution < 1.29 is 74.1 Å². The summed E-state index contributed by atoms with van der Waals surface area (Å²) in [7, 11) is -3.48. The molecule has 15 rings (SSSR count). The molecule has 8 aromatic rings. The van der Waals surface area contributed by atoms with Crippen LogP contribution >= 0.6 is 71.5 Å². The average molecular weight is 1610 g/mol. The smallest absolute Gasteiger partial charge is 1.00 e. The molecule has 0 aliphatic carbocycles. The van der Waals surface area contributed by atoms with Crippen LogP contribution in [0.5, 0.6) is 0 Å². The summed E-state index contributed by atoms with van der Waals surface area (Å²) < 4.78 is 92.2. The maximum absolute atomic E-state index is 13.6. The van der Waals surface area contributed by atoms with Crippen LogP contribution in [0.3, 0.4) is 0 Å². The second kappa shape index (κ2) is 32.4. The molecule has 0 unspecified atom stereocenters. The number of aliphatic carboxylic acids is 1. The molecule has 1 amide bonds. The summed E-state index contributed by atoms with van der Waals surface area (Å²) in [6, 6.07) is 9.70. The van der Waals surface area contributed by atoms with E-state index in [0.717, 1.165) is 84.1 Å². The molecule has 0 spiro atoms. The van der Waals surface area contributed by atoms with Gasteiger partial charge in [-0.2, -0.15) is 9.73 Å². The molecule has 7 aliphatic rings. The Morgan fingerprint density at radius 1 is 0.667 bits per heavy atom. The number of aryl methyl sites for hydroxylation is 4. The standard InChI is InChI=1S/C22H24ClN3O4S.C19H24N4O5.C15H17N3O5.C12H20BrClOSSi.CH4.Mg.H3P.2H/c1-5-6-12-9-14(23)31-19(12)15(27)16-17-18(30-22(3,4)29-17)21(28-16)26-8-7-13-11(2)24-10-25-20(13)26;1-11-12-4-5-23(16(12)21-10-20-11)18-15-13(27-19(2,3)28-15)14(26-18)17(24)22-6-8-25-9-7-22;1-7-8-4-5-18(12(8)17-6-16-7)13-10-9(11(21-13)14(19)20)22-15(2,3)23-10;1-12(2,3)17(4,5)15-7-6-9-8-10(14)16-11(9)13;;;;;/h7-10,16-18,21H,5-6H2,1-4H3;4-5,10,13-15,18H,6-9H2,1-3H3;4-6,9-11,13H,1-3H3,(H,19,20);8H,6-7H2,1-5H3;1H4;;1H3;;/q;;;;;+2;;2*-1/t16-,17-,18-,21-;13-,14+,15-,18-;9-,10+,11-,13+;;;;;;/m110....../s1/i;;;;;;1T3;;. The number of hydrogen-bond acceptors (Lipinski definition) is 22. The van der Waals surface area contributed by atoms with Gasteiger partial charge < -0.3 is 78.4 Å². The van der Waals surface area contributed by atoms with Gasteiger partial charge >= 0.3 is 29.0 Å². The fourth-order valence-electron chi connectivity index (χ4n) is 13.2. The number of Topliss-reactive ketones (excluding diaryl/α,β-unsaturated/α-hetero) is 1. The van der Waals surface area contributed by atoms with E-state index >= 15 is 0 Å². The fraction of sp³-hybridized carbons (Fsp3) is 0.580. The summed E-state index contributed by atoms with van der Waals surface area (Å²) in [5, 5.41) is 12.5. The minimum atomic E-state index is -1.87. The van der Waals surface area contributed by atoms with Crippen LogP contribution in [0.15, 0.2) is 71.7 Å². The number of carbonyl (C=O) groups is 3. The minimum Gasteiger partial charge on any atom is -1.00 e. The van der Waals surface area contributed by atoms with Crippen LogP contribution in [0, 0.1) is 20.8 Å². The Labute approximate surface area is 647 Å². The average Bonchev–Trinajstić information content (AvgIpc) is 1.60. The van der Waals surface area contributed by atoms with Gasteiger partial charge in [-0.3, -0.25) is 9.59 Å². The molecule has 0 radical (unpaired) electrons. The zero-order valence-electron chi connectivity index (χ0n) is 64.2. The van der Waals surface area contributed by atoms with Crippen molar-refractivity contribution in [1.29, 1.82) is 3.84 Å². The van der Waals surface area contributed by atoms with Gasteiger partial charge in [0.05, 0.1) is 51.5 Å². The zero-order chi connectivity index (χ0) is 74.6. The number of carbonyl (C=O) groups excluding carboxylic acids is 2. The van der Waals surface area contributed by atoms with Gasteiger partial charge in [0, 0.05) is 54.4 Å². The number of hydrogen-bond donors (Lipinski definition) is 1. The van der Waals surface area contributed by atoms with Crippen LogP contribution < -0.4 is 0 Å². The second-order valence-corrected chi connectivity index (χ2v) is 37.8. The number of morpholine rings is 1. The first kappa shape index (κ1) is 77.5. The van der Waals surface area contributed by atoms with Gasteiger partial charge in [-0.25, -0.2) is 34.7 Å². The van der Waals surface area contributed by atoms with Crippen molar-refractivity contribution in [3.8, 4) is 0 Å². The van der Waals surface area contributed by atoms with Crippen LogP contribution in [0.25, 0.3) is 33.1 Å². The number of thiophene rings is 2. The van der Waals surface area contributed by atoms with Crippen LogP contribution in [-0.2, 0) is 74.2 Å². The predicted octanol–water partition coefficient (Wildman–Crippen LogP) is 13.2. The molecule has 1 N–H and O–H groups in total. The van der Waals surface area contributed by atoms with Crippen LogP contribution in [0.1, 0.15) is 143 Å². The van der Waals surface area contributed by atoms with E-state index in [-0.39, 0.29) is 50.1 Å². The number of nitrogens with zero attached hydrogens (tertiary/aromatic N) is 10. The zero-order valence-corrected chi connectivity index (χ0v) is 67.2. The third kappa shape index (κ3) is 16.9. The van der Waals surface area contributed by atoms with E-state index < -0.39 is 115 Å². The maximum atomic E-state index is 13.6. The van der Waals surface area contributed by atoms with Crippen molar-refractivity contribution in [3.05, 3.63) is 113 Å². The van der Waals surface area contributed by atoms with Crippen LogP contribution in [0.4, 0.5) is 0 Å². The van der Waals surface area contributed by atoms with E-state index in [2.05, 4.69) is 86.6 Å². The number of ketones is 1. The summed E-state index contributed by atoms with van der Waals surface area (Å²) in [5.41, 5.74) is 7.00. The molecule has 7 aliphatic heterocycles. The van der Waals surface area contributed by atoms with E-state index in [0.29, 0.717) is 41.2 Å². The number of fused-ring (bicyclic) bond motifs is 6. The molecule has 554 valence electrons. The van der Waals surface area contributed by atoms with E-state index in [4.69, 9.17) is 78.8 Å². The topological polar surface area (TPSA) is 268 Å². The number of aromatic nitrogens is 9. The SMILES string of the molecule is C.CC(C)(C)[Si](C)(C)OCCc1cc(Cl)sc1Br.CCCc1cc(Cl)sc1C(=O)[C@H]1O[C@@H](n2ccc3c(C)ncnc32)[C@@H]2OC(C)(C)O[C@@H]21.Cc1ncnc2c1ccn2[C@@H]1O[C@H](C(=O)N2CCOCC2)[C@H]2OC(C)(C)O[C@H]21.Cc1ncnc2c1ccn2[C@@H]1O[C@H](C(=O)O)[C@H]2OC(C)(C)O[C@H]21.[3H]P([3H])[3H].[H-].[H-].[Mg+2]. The summed E-state index contributed by atoms with van der Waals surface area (Å²) in [6.07, 6.45) is 5.52. The van der Waals surface area contributed by atoms with E-state index in [9.17, 15) is 19.5 Å². The number of carboxylic acids is 1. The number of ether oxygens (including phenoxy) is 10. The first-order valence-corrected chi connectivity index (χ1v) is 39.2. The molecule has 0 bridgehead atoms. The quantitative estimate of drug-likeness (QED) is 0.0638. The Morgan fingerprint density at radius 3 is 1.47 bits per heavy atom. The molecule has 0 saturated carbocycles. The van der Waals surface area contributed by atoms with E-state index in [1.54, 1.807) is 34.7 Å². The molecule has 15 heterocycles. The van der Waals surface area contributed by atoms with Gasteiger partial charge in [-0.05, 0) is 151 Å². The van der Waals surface area contributed by atoms with Gasteiger partial charge in [0.2, 0.25) is 5.78 Å². The molecule has 0 aromatic carbocycles. The molecule has 8 aromatic heterocycles. The Bertz CT molecular complexity index is 4380. The van der Waals surface area contributed by atoms with Crippen LogP contribution in [-0.4, -0.2) is 212 Å². The molecular weight excluding hydrogens is 1510 g/mol. The van der Waals surface area contributed by atoms with Gasteiger partial charge in [0.15, 0.2) is 62.7 Å².